The van der Waals surface area contributed by atoms with Crippen LogP contribution in [-0.2, 0) is 11.2 Å². The minimum Gasteiger partial charge on any atom is -0.340 e. The molecule has 0 atom stereocenters. The first-order chi connectivity index (χ1) is 12.0. The second-order valence-electron chi connectivity index (χ2n) is 6.64. The summed E-state index contributed by atoms with van der Waals surface area (Å²) in [5.41, 5.74) is 3.13. The van der Waals surface area contributed by atoms with Crippen molar-refractivity contribution in [3.05, 3.63) is 57.3 Å². The second-order valence-corrected chi connectivity index (χ2v) is 7.67. The lowest BCUT2D eigenvalue weighted by molar-refractivity contribution is -0.132. The van der Waals surface area contributed by atoms with Gasteiger partial charge < -0.3 is 4.90 Å². The summed E-state index contributed by atoms with van der Waals surface area (Å²) in [5.74, 6) is 0.337. The molecular formula is C20H24N2O2S. The third kappa shape index (κ3) is 4.55. The summed E-state index contributed by atoms with van der Waals surface area (Å²) in [5, 5.41) is 2.00. The predicted octanol–water partition coefficient (Wildman–Crippen LogP) is 2.93. The monoisotopic (exact) mass is 356 g/mol. The Morgan fingerprint density at radius 2 is 1.80 bits per heavy atom. The van der Waals surface area contributed by atoms with Crippen LogP contribution in [0.2, 0.25) is 0 Å². The lowest BCUT2D eigenvalue weighted by Crippen LogP contribution is -2.50. The number of carbonyl (C=O) groups excluding carboxylic acids is 2. The van der Waals surface area contributed by atoms with Crippen LogP contribution in [-0.4, -0.2) is 54.2 Å². The molecule has 1 aromatic carbocycles. The lowest BCUT2D eigenvalue weighted by Gasteiger charge is -2.34. The number of piperazine rings is 1. The van der Waals surface area contributed by atoms with Crippen LogP contribution in [0.1, 0.15) is 26.4 Å². The molecule has 3 rings (SSSR count). The number of nitrogens with zero attached hydrogens (tertiary/aromatic N) is 2. The third-order valence-electron chi connectivity index (χ3n) is 4.83. The van der Waals surface area contributed by atoms with Crippen molar-refractivity contribution in [3.8, 4) is 0 Å². The summed E-state index contributed by atoms with van der Waals surface area (Å²) >= 11 is 1.62. The maximum Gasteiger partial charge on any atom is 0.227 e. The van der Waals surface area contributed by atoms with Crippen molar-refractivity contribution in [3.63, 3.8) is 0 Å². The number of aryl methyl sites for hydroxylation is 2. The zero-order valence-corrected chi connectivity index (χ0v) is 15.6. The van der Waals surface area contributed by atoms with Crippen molar-refractivity contribution in [2.45, 2.75) is 20.3 Å². The van der Waals surface area contributed by atoms with Crippen LogP contribution < -0.4 is 0 Å². The first-order valence-electron chi connectivity index (χ1n) is 8.66. The fourth-order valence-electron chi connectivity index (χ4n) is 3.04. The van der Waals surface area contributed by atoms with Crippen LogP contribution in [0, 0.1) is 13.8 Å². The molecule has 4 nitrogen and oxygen atoms in total. The Morgan fingerprint density at radius 1 is 1.04 bits per heavy atom. The SMILES string of the molecule is Cc1ccc(C(=O)CN2CCN(C(=O)Cc3cccs3)CC2)cc1C. The van der Waals surface area contributed by atoms with E-state index < -0.39 is 0 Å². The van der Waals surface area contributed by atoms with Crippen molar-refractivity contribution >= 4 is 23.0 Å². The summed E-state index contributed by atoms with van der Waals surface area (Å²) < 4.78 is 0. The highest BCUT2D eigenvalue weighted by atomic mass is 32.1. The molecular weight excluding hydrogens is 332 g/mol. The largest absolute Gasteiger partial charge is 0.340 e. The van der Waals surface area contributed by atoms with E-state index in [4.69, 9.17) is 0 Å². The molecule has 1 fully saturated rings. The summed E-state index contributed by atoms with van der Waals surface area (Å²) in [6, 6.07) is 9.86. The molecule has 1 amide bonds. The van der Waals surface area contributed by atoms with Gasteiger partial charge in [-0.2, -0.15) is 0 Å². The number of rotatable bonds is 5. The maximum absolute atomic E-state index is 12.5. The Kier molecular flexibility index (Phi) is 5.66. The molecule has 5 heteroatoms. The highest BCUT2D eigenvalue weighted by molar-refractivity contribution is 7.10. The summed E-state index contributed by atoms with van der Waals surface area (Å²) in [4.78, 5) is 30.0. The Hall–Kier alpha value is -1.98. The van der Waals surface area contributed by atoms with Gasteiger partial charge in [0.15, 0.2) is 5.78 Å². The Bertz CT molecular complexity index is 747. The predicted molar refractivity (Wildman–Crippen MR) is 101 cm³/mol. The molecule has 1 saturated heterocycles. The minimum atomic E-state index is 0.154. The van der Waals surface area contributed by atoms with Gasteiger partial charge in [0.25, 0.3) is 0 Å². The maximum atomic E-state index is 12.5. The molecule has 2 aromatic rings. The molecule has 0 radical (unpaired) electrons. The van der Waals surface area contributed by atoms with Gasteiger partial charge in [0.1, 0.15) is 0 Å². The van der Waals surface area contributed by atoms with Crippen LogP contribution in [0.15, 0.2) is 35.7 Å². The molecule has 0 N–H and O–H groups in total. The normalized spacial score (nSPS) is 15.4. The molecule has 25 heavy (non-hydrogen) atoms. The van der Waals surface area contributed by atoms with Crippen molar-refractivity contribution in [2.24, 2.45) is 0 Å². The van der Waals surface area contributed by atoms with Gasteiger partial charge in [-0.1, -0.05) is 18.2 Å². The smallest absolute Gasteiger partial charge is 0.227 e. The number of benzene rings is 1. The number of ketones is 1. The van der Waals surface area contributed by atoms with Crippen molar-refractivity contribution in [1.82, 2.24) is 9.80 Å². The Labute approximate surface area is 153 Å². The average molecular weight is 356 g/mol. The van der Waals surface area contributed by atoms with E-state index in [-0.39, 0.29) is 11.7 Å². The first-order valence-corrected chi connectivity index (χ1v) is 9.54. The summed E-state index contributed by atoms with van der Waals surface area (Å²) in [7, 11) is 0. The van der Waals surface area contributed by atoms with Crippen LogP contribution in [0.4, 0.5) is 0 Å². The number of Topliss-reactive ketones (excluding diaryl/α,β-unsaturated/α-hetero) is 1. The molecule has 0 unspecified atom stereocenters. The second kappa shape index (κ2) is 7.93. The standard InChI is InChI=1S/C20H24N2O2S/c1-15-5-6-17(12-16(15)2)19(23)14-21-7-9-22(10-8-21)20(24)13-18-4-3-11-25-18/h3-6,11-12H,7-10,13-14H2,1-2H3. The van der Waals surface area contributed by atoms with Crippen molar-refractivity contribution < 1.29 is 9.59 Å². The van der Waals surface area contributed by atoms with E-state index in [1.165, 1.54) is 5.56 Å². The average Bonchev–Trinajstić information content (AvgIpc) is 3.11. The third-order valence-corrected chi connectivity index (χ3v) is 5.70. The van der Waals surface area contributed by atoms with Gasteiger partial charge in [-0.3, -0.25) is 14.5 Å². The molecule has 0 bridgehead atoms. The van der Waals surface area contributed by atoms with Crippen molar-refractivity contribution in [2.75, 3.05) is 32.7 Å². The van der Waals surface area contributed by atoms with E-state index in [2.05, 4.69) is 11.8 Å². The molecule has 1 aromatic heterocycles. The van der Waals surface area contributed by atoms with Gasteiger partial charge in [0.05, 0.1) is 13.0 Å². The quantitative estimate of drug-likeness (QED) is 0.774. The zero-order valence-electron chi connectivity index (χ0n) is 14.8. The topological polar surface area (TPSA) is 40.6 Å². The van der Waals surface area contributed by atoms with E-state index in [0.717, 1.165) is 29.1 Å². The van der Waals surface area contributed by atoms with Crippen LogP contribution in [0.5, 0.6) is 0 Å². The van der Waals surface area contributed by atoms with Gasteiger partial charge in [-0.05, 0) is 42.5 Å². The molecule has 1 aliphatic rings. The highest BCUT2D eigenvalue weighted by Gasteiger charge is 2.23. The lowest BCUT2D eigenvalue weighted by atomic mass is 10.0. The fourth-order valence-corrected chi connectivity index (χ4v) is 3.73. The van der Waals surface area contributed by atoms with Gasteiger partial charge in [-0.25, -0.2) is 0 Å². The summed E-state index contributed by atoms with van der Waals surface area (Å²) in [6.45, 7) is 7.42. The number of hydrogen-bond acceptors (Lipinski definition) is 4. The number of hydrogen-bond donors (Lipinski definition) is 0. The molecule has 1 aliphatic heterocycles. The molecule has 0 saturated carbocycles. The molecule has 132 valence electrons. The van der Waals surface area contributed by atoms with Gasteiger partial charge in [0, 0.05) is 36.6 Å². The summed E-state index contributed by atoms with van der Waals surface area (Å²) in [6.07, 6.45) is 0.485. The molecule has 0 aliphatic carbocycles. The van der Waals surface area contributed by atoms with Crippen LogP contribution >= 0.6 is 11.3 Å². The van der Waals surface area contributed by atoms with E-state index in [9.17, 15) is 9.59 Å². The Morgan fingerprint density at radius 3 is 2.44 bits per heavy atom. The Balaban J connectivity index is 1.49. The van der Waals surface area contributed by atoms with Crippen LogP contribution in [0.25, 0.3) is 0 Å². The molecule has 2 heterocycles. The van der Waals surface area contributed by atoms with Crippen LogP contribution in [0.3, 0.4) is 0 Å². The molecule has 0 spiro atoms. The van der Waals surface area contributed by atoms with E-state index in [1.807, 2.05) is 47.5 Å². The fraction of sp³-hybridized carbons (Fsp3) is 0.400. The van der Waals surface area contributed by atoms with E-state index in [1.54, 1.807) is 11.3 Å². The van der Waals surface area contributed by atoms with E-state index in [0.29, 0.717) is 26.1 Å². The van der Waals surface area contributed by atoms with Gasteiger partial charge >= 0.3 is 0 Å². The number of thiophene rings is 1. The van der Waals surface area contributed by atoms with Gasteiger partial charge in [-0.15, -0.1) is 11.3 Å². The zero-order chi connectivity index (χ0) is 17.8. The number of carbonyl (C=O) groups is 2. The number of amides is 1. The first kappa shape index (κ1) is 17.8. The highest BCUT2D eigenvalue weighted by Crippen LogP contribution is 2.14. The van der Waals surface area contributed by atoms with Gasteiger partial charge in [0.2, 0.25) is 5.91 Å². The van der Waals surface area contributed by atoms with E-state index >= 15 is 0 Å². The minimum absolute atomic E-state index is 0.154. The van der Waals surface area contributed by atoms with Crippen molar-refractivity contribution in [1.29, 1.82) is 0 Å².